The fourth-order valence-corrected chi connectivity index (χ4v) is 8.51. The average molecular weight is 929 g/mol. The average Bonchev–Trinajstić information content (AvgIpc) is 4.14. The van der Waals surface area contributed by atoms with E-state index in [1.165, 1.54) is 35.2 Å². The number of amides is 4. The number of alkyl halides is 3. The molecule has 3 aliphatic rings. The summed E-state index contributed by atoms with van der Waals surface area (Å²) in [7, 11) is 0. The third kappa shape index (κ3) is 10.2. The second-order valence-corrected chi connectivity index (χ2v) is 16.3. The lowest BCUT2D eigenvalue weighted by molar-refractivity contribution is -0.209. The summed E-state index contributed by atoms with van der Waals surface area (Å²) in [6, 6.07) is 24.0. The fourth-order valence-electron chi connectivity index (χ4n) is 8.51. The van der Waals surface area contributed by atoms with Crippen LogP contribution in [0.15, 0.2) is 91.3 Å². The molecule has 3 aliphatic heterocycles. The van der Waals surface area contributed by atoms with Crippen LogP contribution in [0.4, 0.5) is 29.7 Å². The SMILES string of the molecule is CCNC(=O)[C@H]1O[C@@H](n2cnc3c(NCC(c4ccccc4)c4ccccc4)nc(N4CC[C@@H](NC(=O)N[C@@H]5CCN(C(=O)c6ccc(C(=O)O)cc6)C5)C4)nc32)[C@H](O)[C@@H]1OC(=O)C(F)(F)F. The maximum absolute atomic E-state index is 13.4. The van der Waals surface area contributed by atoms with Crippen LogP contribution in [0, 0.1) is 0 Å². The van der Waals surface area contributed by atoms with Gasteiger partial charge in [0.15, 0.2) is 35.4 Å². The summed E-state index contributed by atoms with van der Waals surface area (Å²) in [4.78, 5) is 80.3. The molecular formula is C45H47F3N10O9. The van der Waals surface area contributed by atoms with Crippen molar-refractivity contribution in [3.63, 3.8) is 0 Å². The molecular weight excluding hydrogens is 882 g/mol. The number of anilines is 2. The summed E-state index contributed by atoms with van der Waals surface area (Å²) < 4.78 is 51.9. The standard InChI is InChI=1S/C45H47F3N10O9/c1-2-49-38(60)35-34(67-42(64)45(46,47)48)33(59)40(66-35)58-24-51-32-36(50-21-31(25-9-5-3-6-10-25)26-11-7-4-8-12-26)54-43(55-37(32)58)57-20-18-30(23-57)53-44(65)52-29-17-19-56(22-29)39(61)27-13-15-28(16-14-27)41(62)63/h3-16,24,29-31,33-35,40,59H,2,17-23H2,1H3,(H,49,60)(H,62,63)(H,50,54,55)(H2,52,53,65)/t29-,30-,33-,34+,35+,40-/m1/s1. The largest absolute Gasteiger partial charge is 0.490 e. The second-order valence-electron chi connectivity index (χ2n) is 16.3. The molecule has 3 fully saturated rings. The smallest absolute Gasteiger partial charge is 0.478 e. The summed E-state index contributed by atoms with van der Waals surface area (Å²) >= 11 is 0. The minimum atomic E-state index is -5.42. The van der Waals surface area contributed by atoms with Crippen molar-refractivity contribution in [1.29, 1.82) is 0 Å². The number of aliphatic hydroxyl groups is 1. The zero-order valence-corrected chi connectivity index (χ0v) is 35.9. The van der Waals surface area contributed by atoms with Crippen molar-refractivity contribution in [1.82, 2.24) is 40.4 Å². The Bertz CT molecular complexity index is 2560. The summed E-state index contributed by atoms with van der Waals surface area (Å²) in [5, 5.41) is 32.4. The van der Waals surface area contributed by atoms with E-state index in [-0.39, 0.29) is 72.0 Å². The van der Waals surface area contributed by atoms with Gasteiger partial charge in [-0.05, 0) is 55.2 Å². The van der Waals surface area contributed by atoms with E-state index >= 15 is 0 Å². The Kier molecular flexibility index (Phi) is 13.5. The summed E-state index contributed by atoms with van der Waals surface area (Å²) in [6.45, 7) is 3.22. The molecule has 4 amide bonds. The van der Waals surface area contributed by atoms with Crippen LogP contribution in [0.25, 0.3) is 11.2 Å². The number of carboxylic acids is 1. The highest BCUT2D eigenvalue weighted by Gasteiger charge is 2.54. The molecule has 3 aromatic carbocycles. The van der Waals surface area contributed by atoms with Crippen LogP contribution in [0.3, 0.4) is 0 Å². The molecule has 19 nitrogen and oxygen atoms in total. The first-order valence-electron chi connectivity index (χ1n) is 21.6. The molecule has 0 unspecified atom stereocenters. The lowest BCUT2D eigenvalue weighted by Gasteiger charge is -2.22. The lowest BCUT2D eigenvalue weighted by Crippen LogP contribution is -2.48. The van der Waals surface area contributed by atoms with Crippen LogP contribution in [0.1, 0.15) is 63.8 Å². The van der Waals surface area contributed by atoms with Crippen molar-refractivity contribution in [3.8, 4) is 0 Å². The van der Waals surface area contributed by atoms with Crippen LogP contribution in [0.5, 0.6) is 0 Å². The van der Waals surface area contributed by atoms with Gasteiger partial charge in [-0.15, -0.1) is 0 Å². The van der Waals surface area contributed by atoms with E-state index in [0.29, 0.717) is 38.0 Å². The normalized spacial score (nSPS) is 21.6. The fraction of sp³-hybridized carbons (Fsp3) is 0.378. The molecule has 3 saturated heterocycles. The van der Waals surface area contributed by atoms with Crippen LogP contribution in [-0.4, -0.2) is 140 Å². The number of carbonyl (C=O) groups excluding carboxylic acids is 4. The topological polar surface area (TPSA) is 242 Å². The number of carboxylic acid groups (broad SMARTS) is 1. The van der Waals surface area contributed by atoms with E-state index < -0.39 is 54.6 Å². The number of aromatic carboxylic acids is 1. The van der Waals surface area contributed by atoms with Crippen molar-refractivity contribution in [3.05, 3.63) is 114 Å². The number of esters is 1. The third-order valence-electron chi connectivity index (χ3n) is 11.9. The summed E-state index contributed by atoms with van der Waals surface area (Å²) in [6.07, 6.45) is -10.7. The number of halogens is 3. The monoisotopic (exact) mass is 928 g/mol. The van der Waals surface area contributed by atoms with Gasteiger partial charge in [0.05, 0.1) is 11.9 Å². The Balaban J connectivity index is 1.03. The minimum absolute atomic E-state index is 0.0617. The van der Waals surface area contributed by atoms with Crippen LogP contribution in [-0.2, 0) is 19.1 Å². The highest BCUT2D eigenvalue weighted by atomic mass is 19.4. The predicted octanol–water partition coefficient (Wildman–Crippen LogP) is 3.43. The lowest BCUT2D eigenvalue weighted by atomic mass is 9.91. The van der Waals surface area contributed by atoms with Gasteiger partial charge in [-0.1, -0.05) is 60.7 Å². The Morgan fingerprint density at radius 3 is 2.12 bits per heavy atom. The van der Waals surface area contributed by atoms with Gasteiger partial charge < -0.3 is 50.8 Å². The number of imidazole rings is 1. The maximum atomic E-state index is 13.4. The van der Waals surface area contributed by atoms with E-state index in [1.807, 2.05) is 65.6 Å². The minimum Gasteiger partial charge on any atom is -0.478 e. The second kappa shape index (κ2) is 19.6. The number of fused-ring (bicyclic) bond motifs is 1. The van der Waals surface area contributed by atoms with Gasteiger partial charge in [-0.25, -0.2) is 19.4 Å². The molecule has 0 spiro atoms. The quantitative estimate of drug-likeness (QED) is 0.0875. The van der Waals surface area contributed by atoms with Crippen molar-refractivity contribution >= 4 is 52.7 Å². The zero-order valence-electron chi connectivity index (χ0n) is 35.9. The molecule has 0 radical (unpaired) electrons. The predicted molar refractivity (Wildman–Crippen MR) is 233 cm³/mol. The van der Waals surface area contributed by atoms with Crippen LogP contribution >= 0.6 is 0 Å². The van der Waals surface area contributed by atoms with Gasteiger partial charge in [0.25, 0.3) is 11.8 Å². The molecule has 352 valence electrons. The van der Waals surface area contributed by atoms with E-state index in [1.54, 1.807) is 11.8 Å². The van der Waals surface area contributed by atoms with Crippen molar-refractivity contribution in [2.45, 2.75) is 68.5 Å². The van der Waals surface area contributed by atoms with E-state index in [0.717, 1.165) is 11.1 Å². The van der Waals surface area contributed by atoms with Crippen molar-refractivity contribution < 1.29 is 56.8 Å². The number of aliphatic hydroxyl groups excluding tert-OH is 1. The molecule has 5 aromatic rings. The van der Waals surface area contributed by atoms with Crippen LogP contribution in [0.2, 0.25) is 0 Å². The van der Waals surface area contributed by atoms with Gasteiger partial charge in [-0.2, -0.15) is 23.1 Å². The van der Waals surface area contributed by atoms with Gasteiger partial charge in [0.1, 0.15) is 6.10 Å². The van der Waals surface area contributed by atoms with Gasteiger partial charge in [0, 0.05) is 62.8 Å². The van der Waals surface area contributed by atoms with E-state index in [9.17, 15) is 47.4 Å². The number of carbonyl (C=O) groups is 5. The van der Waals surface area contributed by atoms with E-state index in [2.05, 4.69) is 31.0 Å². The Morgan fingerprint density at radius 1 is 0.866 bits per heavy atom. The van der Waals surface area contributed by atoms with E-state index in [4.69, 9.17) is 14.7 Å². The molecule has 0 saturated carbocycles. The highest BCUT2D eigenvalue weighted by molar-refractivity contribution is 5.96. The number of hydrogen-bond donors (Lipinski definition) is 6. The maximum Gasteiger partial charge on any atom is 0.490 e. The number of likely N-dealkylation sites (tertiary alicyclic amines) is 1. The Hall–Kier alpha value is -7.33. The van der Waals surface area contributed by atoms with Crippen molar-refractivity contribution in [2.24, 2.45) is 0 Å². The third-order valence-corrected chi connectivity index (χ3v) is 11.9. The molecule has 0 bridgehead atoms. The number of hydrogen-bond acceptors (Lipinski definition) is 13. The van der Waals surface area contributed by atoms with Gasteiger partial charge >= 0.3 is 24.1 Å². The Labute approximate surface area is 380 Å². The number of ether oxygens (including phenoxy) is 2. The van der Waals surface area contributed by atoms with Crippen molar-refractivity contribution in [2.75, 3.05) is 49.5 Å². The molecule has 2 aromatic heterocycles. The number of nitrogens with zero attached hydrogens (tertiary/aromatic N) is 6. The molecule has 67 heavy (non-hydrogen) atoms. The Morgan fingerprint density at radius 2 is 1.49 bits per heavy atom. The first-order valence-corrected chi connectivity index (χ1v) is 21.6. The first kappa shape index (κ1) is 46.2. The molecule has 8 rings (SSSR count). The highest BCUT2D eigenvalue weighted by Crippen LogP contribution is 2.37. The number of aromatic nitrogens is 4. The number of nitrogens with one attached hydrogen (secondary N) is 4. The van der Waals surface area contributed by atoms with Gasteiger partial charge in [-0.3, -0.25) is 14.2 Å². The number of rotatable bonds is 14. The number of urea groups is 1. The molecule has 0 aliphatic carbocycles. The van der Waals surface area contributed by atoms with Gasteiger partial charge in [0.2, 0.25) is 5.95 Å². The molecule has 22 heteroatoms. The summed E-state index contributed by atoms with van der Waals surface area (Å²) in [5.74, 6) is -4.65. The number of benzene rings is 3. The van der Waals surface area contributed by atoms with Crippen LogP contribution < -0.4 is 26.2 Å². The summed E-state index contributed by atoms with van der Waals surface area (Å²) in [5.41, 5.74) is 2.67. The molecule has 6 atom stereocenters. The zero-order chi connectivity index (χ0) is 47.4. The first-order chi connectivity index (χ1) is 32.2. The molecule has 6 N–H and O–H groups in total. The molecule has 5 heterocycles. The number of likely N-dealkylation sites (N-methyl/N-ethyl adjacent to an activating group) is 1.